The third-order valence-electron chi connectivity index (χ3n) is 8.44. The molecule has 3 aromatic heterocycles. The summed E-state index contributed by atoms with van der Waals surface area (Å²) in [6, 6.07) is 17.4. The maximum atomic E-state index is 13.9. The second-order valence-electron chi connectivity index (χ2n) is 12.3. The van der Waals surface area contributed by atoms with Gasteiger partial charge in [-0.15, -0.1) is 0 Å². The molecule has 0 saturated carbocycles. The van der Waals surface area contributed by atoms with E-state index >= 15 is 0 Å². The minimum Gasteiger partial charge on any atom is -0.346 e. The summed E-state index contributed by atoms with van der Waals surface area (Å²) in [5.74, 6) is 0.327. The minimum atomic E-state index is -4.65. The van der Waals surface area contributed by atoms with Gasteiger partial charge in [-0.3, -0.25) is 21.7 Å². The second kappa shape index (κ2) is 14.2. The Bertz CT molecular complexity index is 2580. The van der Waals surface area contributed by atoms with E-state index in [4.69, 9.17) is 17.3 Å². The van der Waals surface area contributed by atoms with Gasteiger partial charge in [0.2, 0.25) is 0 Å². The molecule has 0 bridgehead atoms. The molecule has 1 saturated heterocycles. The lowest BCUT2D eigenvalue weighted by molar-refractivity contribution is -0.0419. The zero-order valence-electron chi connectivity index (χ0n) is 28.3. The first kappa shape index (κ1) is 36.5. The number of ether oxygens (including phenoxy) is 1. The van der Waals surface area contributed by atoms with Crippen molar-refractivity contribution in [3.8, 4) is 5.82 Å². The maximum Gasteiger partial charge on any atom is 0.297 e. The molecule has 0 radical (unpaired) electrons. The van der Waals surface area contributed by atoms with E-state index in [1.165, 1.54) is 66.1 Å². The molecular formula is C34H32N6O10S3. The predicted octanol–water partition coefficient (Wildman–Crippen LogP) is 3.79. The van der Waals surface area contributed by atoms with Crippen molar-refractivity contribution in [2.24, 2.45) is 0 Å². The number of hydrogen-bond donors (Lipinski definition) is 0. The lowest BCUT2D eigenvalue weighted by Gasteiger charge is -2.24. The van der Waals surface area contributed by atoms with Crippen molar-refractivity contribution in [1.82, 2.24) is 29.1 Å². The van der Waals surface area contributed by atoms with Crippen molar-refractivity contribution in [3.63, 3.8) is 0 Å². The maximum absolute atomic E-state index is 13.9. The Hall–Kier alpha value is -4.89. The van der Waals surface area contributed by atoms with Crippen LogP contribution >= 0.6 is 0 Å². The molecule has 0 aliphatic carbocycles. The Balaban J connectivity index is 1.34. The Morgan fingerprint density at radius 1 is 0.660 bits per heavy atom. The summed E-state index contributed by atoms with van der Waals surface area (Å²) in [6.07, 6.45) is 0.560. The highest BCUT2D eigenvalue weighted by Crippen LogP contribution is 2.39. The molecule has 0 spiro atoms. The van der Waals surface area contributed by atoms with E-state index in [0.29, 0.717) is 5.82 Å². The van der Waals surface area contributed by atoms with E-state index in [2.05, 4.69) is 19.9 Å². The number of rotatable bonds is 12. The van der Waals surface area contributed by atoms with Crippen LogP contribution in [0.4, 0.5) is 0 Å². The van der Waals surface area contributed by atoms with Gasteiger partial charge in [0.05, 0.1) is 27.6 Å². The monoisotopic (exact) mass is 780 g/mol. The van der Waals surface area contributed by atoms with Crippen molar-refractivity contribution in [2.45, 2.75) is 60.0 Å². The largest absolute Gasteiger partial charge is 0.346 e. The molecule has 1 fully saturated rings. The summed E-state index contributed by atoms with van der Waals surface area (Å²) < 4.78 is 108. The van der Waals surface area contributed by atoms with Crippen LogP contribution in [0.2, 0.25) is 0 Å². The topological polar surface area (TPSA) is 201 Å². The van der Waals surface area contributed by atoms with E-state index in [9.17, 15) is 25.3 Å². The van der Waals surface area contributed by atoms with Crippen LogP contribution in [0.25, 0.3) is 17.0 Å². The molecule has 16 nitrogen and oxygen atoms in total. The van der Waals surface area contributed by atoms with Crippen LogP contribution in [-0.4, -0.2) is 79.2 Å². The highest BCUT2D eigenvalue weighted by Gasteiger charge is 2.53. The third-order valence-corrected chi connectivity index (χ3v) is 12.4. The Kier molecular flexibility index (Phi) is 9.74. The van der Waals surface area contributed by atoms with Crippen LogP contribution in [0.3, 0.4) is 0 Å². The van der Waals surface area contributed by atoms with Gasteiger partial charge in [0, 0.05) is 12.4 Å². The van der Waals surface area contributed by atoms with Gasteiger partial charge in [-0.25, -0.2) is 19.9 Å². The van der Waals surface area contributed by atoms with Gasteiger partial charge in [-0.1, -0.05) is 53.1 Å². The van der Waals surface area contributed by atoms with Gasteiger partial charge in [-0.2, -0.15) is 25.3 Å². The van der Waals surface area contributed by atoms with E-state index in [-0.39, 0.29) is 25.9 Å². The molecule has 1 aliphatic heterocycles. The van der Waals surface area contributed by atoms with Gasteiger partial charge < -0.3 is 4.74 Å². The van der Waals surface area contributed by atoms with Crippen LogP contribution in [-0.2, 0) is 47.6 Å². The van der Waals surface area contributed by atoms with Crippen LogP contribution in [0, 0.1) is 20.8 Å². The van der Waals surface area contributed by atoms with E-state index < -0.39 is 61.5 Å². The number of aryl methyl sites for hydroxylation is 3. The van der Waals surface area contributed by atoms with E-state index in [1.807, 2.05) is 0 Å². The quantitative estimate of drug-likeness (QED) is 0.162. The van der Waals surface area contributed by atoms with Gasteiger partial charge in [0.25, 0.3) is 30.4 Å². The van der Waals surface area contributed by atoms with Crippen LogP contribution in [0.1, 0.15) is 22.9 Å². The summed E-state index contributed by atoms with van der Waals surface area (Å²) in [4.78, 5) is 16.5. The fraction of sp³-hybridized carbons (Fsp3) is 0.235. The van der Waals surface area contributed by atoms with Crippen molar-refractivity contribution < 1.29 is 42.5 Å². The first-order valence-electron chi connectivity index (χ1n) is 16.0. The Morgan fingerprint density at radius 2 is 1.19 bits per heavy atom. The standard InChI is InChI=1S/C34H32N6O10S3/c1-22-4-10-25(11-5-22)51(41,42)47-18-28-30(49-52(43,44)26-12-6-23(2)7-13-26)31(50-53(45,46)27-14-8-24(3)9-15-27)34(48-28)40-21-38-29-32(36-19-37-33(29)40)39-17-16-35-20-39/h4-17,19-21,28,30-31,34H,18H2,1-3H3/t28-,30-,31-,34-/m1/s1. The molecule has 6 aromatic rings. The number of benzene rings is 3. The average Bonchev–Trinajstić information content (AvgIpc) is 3.88. The number of hydrogen-bond acceptors (Lipinski definition) is 14. The first-order valence-corrected chi connectivity index (χ1v) is 20.2. The molecule has 1 aliphatic rings. The summed E-state index contributed by atoms with van der Waals surface area (Å²) in [5.41, 5.74) is 2.75. The van der Waals surface area contributed by atoms with Crippen LogP contribution < -0.4 is 0 Å². The van der Waals surface area contributed by atoms with Crippen molar-refractivity contribution in [3.05, 3.63) is 121 Å². The molecule has 4 atom stereocenters. The van der Waals surface area contributed by atoms with Crippen LogP contribution in [0.15, 0.2) is 119 Å². The number of aromatic nitrogens is 6. The molecule has 0 unspecified atom stereocenters. The van der Waals surface area contributed by atoms with Crippen molar-refractivity contribution in [2.75, 3.05) is 6.61 Å². The van der Waals surface area contributed by atoms with Gasteiger partial charge in [0.15, 0.2) is 29.3 Å². The molecule has 0 amide bonds. The smallest absolute Gasteiger partial charge is 0.297 e. The fourth-order valence-corrected chi connectivity index (χ4v) is 8.73. The normalized spacial score (nSPS) is 19.5. The highest BCUT2D eigenvalue weighted by molar-refractivity contribution is 7.87. The molecule has 4 heterocycles. The highest BCUT2D eigenvalue weighted by atomic mass is 32.2. The van der Waals surface area contributed by atoms with Crippen molar-refractivity contribution in [1.29, 1.82) is 0 Å². The lowest BCUT2D eigenvalue weighted by atomic mass is 10.1. The molecule has 7 rings (SSSR count). The third kappa shape index (κ3) is 7.49. The van der Waals surface area contributed by atoms with E-state index in [0.717, 1.165) is 16.7 Å². The lowest BCUT2D eigenvalue weighted by Crippen LogP contribution is -2.41. The van der Waals surface area contributed by atoms with E-state index in [1.54, 1.807) is 67.9 Å². The summed E-state index contributed by atoms with van der Waals surface area (Å²) in [5, 5.41) is 0. The average molecular weight is 781 g/mol. The number of nitrogens with zero attached hydrogens (tertiary/aromatic N) is 6. The molecule has 276 valence electrons. The van der Waals surface area contributed by atoms with Gasteiger partial charge in [-0.05, 0) is 57.2 Å². The summed E-state index contributed by atoms with van der Waals surface area (Å²) in [7, 11) is -13.7. The predicted molar refractivity (Wildman–Crippen MR) is 187 cm³/mol. The molecule has 3 aromatic carbocycles. The summed E-state index contributed by atoms with van der Waals surface area (Å²) in [6.45, 7) is 4.53. The van der Waals surface area contributed by atoms with Crippen molar-refractivity contribution >= 4 is 41.5 Å². The second-order valence-corrected chi connectivity index (χ2v) is 17.0. The molecule has 19 heteroatoms. The zero-order chi connectivity index (χ0) is 37.5. The number of imidazole rings is 2. The molecule has 53 heavy (non-hydrogen) atoms. The molecule has 0 N–H and O–H groups in total. The molecular weight excluding hydrogens is 749 g/mol. The Morgan fingerprint density at radius 3 is 1.72 bits per heavy atom. The summed E-state index contributed by atoms with van der Waals surface area (Å²) >= 11 is 0. The van der Waals surface area contributed by atoms with Gasteiger partial charge in [0.1, 0.15) is 24.9 Å². The zero-order valence-corrected chi connectivity index (χ0v) is 30.8. The Labute approximate surface area is 305 Å². The first-order chi connectivity index (χ1) is 25.2. The SMILES string of the molecule is Cc1ccc(S(=O)(=O)OC[C@H]2O[C@@H](n3cnc4c(-n5ccnc5)ncnc43)[C@H](OS(=O)(=O)c3ccc(C)cc3)[C@@H]2OS(=O)(=O)c2ccc(C)cc2)cc1. The number of fused-ring (bicyclic) bond motifs is 1. The minimum absolute atomic E-state index is 0.143. The fourth-order valence-electron chi connectivity index (χ4n) is 5.63. The van der Waals surface area contributed by atoms with Gasteiger partial charge >= 0.3 is 0 Å². The van der Waals surface area contributed by atoms with Crippen LogP contribution in [0.5, 0.6) is 0 Å².